The molecule has 4 heterocycles. The zero-order valence-corrected chi connectivity index (χ0v) is 19.3. The van der Waals surface area contributed by atoms with Crippen molar-refractivity contribution < 1.29 is 23.9 Å². The molecule has 1 unspecified atom stereocenters. The first-order valence-electron chi connectivity index (χ1n) is 11.9. The number of aromatic nitrogens is 1. The normalized spacial score (nSPS) is 24.7. The molecule has 0 saturated carbocycles. The van der Waals surface area contributed by atoms with E-state index in [1.807, 2.05) is 30.3 Å². The van der Waals surface area contributed by atoms with Crippen LogP contribution in [0.5, 0.6) is 0 Å². The highest BCUT2D eigenvalue weighted by Gasteiger charge is 2.51. The summed E-state index contributed by atoms with van der Waals surface area (Å²) in [5, 5.41) is 9.06. The van der Waals surface area contributed by atoms with Crippen LogP contribution in [-0.2, 0) is 42.1 Å². The summed E-state index contributed by atoms with van der Waals surface area (Å²) < 4.78 is 11.1. The minimum atomic E-state index is -0.941. The van der Waals surface area contributed by atoms with Gasteiger partial charge in [0, 0.05) is 30.5 Å². The maximum atomic E-state index is 13.2. The van der Waals surface area contributed by atoms with Gasteiger partial charge in [-0.2, -0.15) is 0 Å². The quantitative estimate of drug-likeness (QED) is 0.578. The lowest BCUT2D eigenvalue weighted by Crippen LogP contribution is -2.68. The molecule has 2 fully saturated rings. The molecule has 4 aliphatic rings. The number of benzene rings is 1. The van der Waals surface area contributed by atoms with E-state index in [9.17, 15) is 14.4 Å². The highest BCUT2D eigenvalue weighted by molar-refractivity contribution is 6.06. The van der Waals surface area contributed by atoms with Gasteiger partial charge in [0.1, 0.15) is 11.4 Å². The second kappa shape index (κ2) is 8.40. The molecular weight excluding hydrogens is 450 g/mol. The number of rotatable bonds is 3. The van der Waals surface area contributed by atoms with Gasteiger partial charge in [0.2, 0.25) is 17.7 Å². The van der Waals surface area contributed by atoms with Gasteiger partial charge in [0.25, 0.3) is 0 Å². The SMILES string of the molecule is O=C(CN1CCNC2(COCCOC2)C1=O)Nc1ccc2c(c1)CC1(C2)C(=O)Nc2ncccc21. The molecule has 2 aromatic rings. The van der Waals surface area contributed by atoms with E-state index in [0.717, 1.165) is 16.7 Å². The van der Waals surface area contributed by atoms with E-state index in [0.29, 0.717) is 50.7 Å². The molecule has 3 N–H and O–H groups in total. The molecule has 0 bridgehead atoms. The number of nitrogens with one attached hydrogen (secondary N) is 3. The van der Waals surface area contributed by atoms with Gasteiger partial charge >= 0.3 is 0 Å². The van der Waals surface area contributed by atoms with Gasteiger partial charge in [-0.25, -0.2) is 4.98 Å². The molecule has 182 valence electrons. The number of ether oxygens (including phenoxy) is 2. The number of hydrogen-bond acceptors (Lipinski definition) is 7. The van der Waals surface area contributed by atoms with Gasteiger partial charge in [-0.1, -0.05) is 12.1 Å². The summed E-state index contributed by atoms with van der Waals surface area (Å²) in [7, 11) is 0. The van der Waals surface area contributed by atoms with Gasteiger partial charge < -0.3 is 25.0 Å². The standard InChI is InChI=1S/C25H27N5O5/c31-20(13-30-7-6-27-25(23(30)33)14-34-8-9-35-15-25)28-18-4-3-16-11-24(12-17(16)10-18)19-2-1-5-26-21(19)29-22(24)32/h1-5,10,27H,6-9,11-15H2,(H,28,31)(H,26,29,32). The minimum Gasteiger partial charge on any atom is -0.376 e. The molecule has 2 spiro atoms. The Morgan fingerprint density at radius 3 is 2.74 bits per heavy atom. The molecule has 6 rings (SSSR count). The van der Waals surface area contributed by atoms with E-state index in [-0.39, 0.29) is 37.5 Å². The van der Waals surface area contributed by atoms with Crippen LogP contribution in [0.25, 0.3) is 0 Å². The molecule has 10 heteroatoms. The Morgan fingerprint density at radius 2 is 1.91 bits per heavy atom. The van der Waals surface area contributed by atoms with Crippen molar-refractivity contribution in [3.8, 4) is 0 Å². The van der Waals surface area contributed by atoms with Crippen LogP contribution in [0.1, 0.15) is 16.7 Å². The van der Waals surface area contributed by atoms with Gasteiger partial charge in [0.15, 0.2) is 0 Å². The molecule has 1 aromatic heterocycles. The average Bonchev–Trinajstić information content (AvgIpc) is 3.25. The number of amides is 3. The van der Waals surface area contributed by atoms with Crippen molar-refractivity contribution in [2.75, 3.05) is 56.7 Å². The predicted octanol–water partition coefficient (Wildman–Crippen LogP) is 0.226. The van der Waals surface area contributed by atoms with E-state index >= 15 is 0 Å². The van der Waals surface area contributed by atoms with Crippen LogP contribution in [0.2, 0.25) is 0 Å². The predicted molar refractivity (Wildman–Crippen MR) is 126 cm³/mol. The molecule has 3 aliphatic heterocycles. The second-order valence-electron chi connectivity index (χ2n) is 9.66. The number of pyridine rings is 1. The van der Waals surface area contributed by atoms with Gasteiger partial charge in [-0.15, -0.1) is 0 Å². The highest BCUT2D eigenvalue weighted by Crippen LogP contribution is 2.46. The van der Waals surface area contributed by atoms with Crippen molar-refractivity contribution in [2.45, 2.75) is 23.8 Å². The van der Waals surface area contributed by atoms with E-state index in [2.05, 4.69) is 20.9 Å². The minimum absolute atomic E-state index is 0.0365. The van der Waals surface area contributed by atoms with Crippen LogP contribution in [-0.4, -0.2) is 79.2 Å². The average molecular weight is 478 g/mol. The first-order valence-corrected chi connectivity index (χ1v) is 11.9. The number of anilines is 2. The van der Waals surface area contributed by atoms with Gasteiger partial charge in [0.05, 0.1) is 38.4 Å². The Morgan fingerprint density at radius 1 is 1.11 bits per heavy atom. The van der Waals surface area contributed by atoms with Crippen LogP contribution in [0, 0.1) is 0 Å². The Bertz CT molecular complexity index is 1210. The third-order valence-electron chi connectivity index (χ3n) is 7.41. The number of carbonyl (C=O) groups excluding carboxylic acids is 3. The number of fused-ring (bicyclic) bond motifs is 3. The van der Waals surface area contributed by atoms with Crippen molar-refractivity contribution >= 4 is 29.2 Å². The lowest BCUT2D eigenvalue weighted by Gasteiger charge is -2.40. The topological polar surface area (TPSA) is 122 Å². The Kier molecular flexibility index (Phi) is 5.32. The Labute approximate surface area is 202 Å². The summed E-state index contributed by atoms with van der Waals surface area (Å²) in [4.78, 5) is 44.8. The van der Waals surface area contributed by atoms with Crippen LogP contribution in [0.3, 0.4) is 0 Å². The van der Waals surface area contributed by atoms with Crippen molar-refractivity contribution in [3.63, 3.8) is 0 Å². The number of nitrogens with zero attached hydrogens (tertiary/aromatic N) is 2. The fraction of sp³-hybridized carbons (Fsp3) is 0.440. The highest BCUT2D eigenvalue weighted by atomic mass is 16.5. The fourth-order valence-corrected chi connectivity index (χ4v) is 5.66. The molecule has 10 nitrogen and oxygen atoms in total. The lowest BCUT2D eigenvalue weighted by molar-refractivity contribution is -0.147. The van der Waals surface area contributed by atoms with E-state index < -0.39 is 11.0 Å². The number of piperazine rings is 1. The van der Waals surface area contributed by atoms with Crippen molar-refractivity contribution in [3.05, 3.63) is 53.2 Å². The van der Waals surface area contributed by atoms with Gasteiger partial charge in [-0.3, -0.25) is 19.7 Å². The first kappa shape index (κ1) is 22.1. The van der Waals surface area contributed by atoms with E-state index in [1.165, 1.54) is 0 Å². The van der Waals surface area contributed by atoms with Crippen LogP contribution in [0.15, 0.2) is 36.5 Å². The number of carbonyl (C=O) groups is 3. The molecule has 1 aromatic carbocycles. The van der Waals surface area contributed by atoms with Crippen LogP contribution >= 0.6 is 0 Å². The third-order valence-corrected chi connectivity index (χ3v) is 7.41. The summed E-state index contributed by atoms with van der Waals surface area (Å²) in [6, 6.07) is 9.55. The smallest absolute Gasteiger partial charge is 0.248 e. The van der Waals surface area contributed by atoms with Crippen molar-refractivity contribution in [1.29, 1.82) is 0 Å². The molecule has 1 atom stereocenters. The van der Waals surface area contributed by atoms with E-state index in [4.69, 9.17) is 9.47 Å². The second-order valence-corrected chi connectivity index (χ2v) is 9.66. The lowest BCUT2D eigenvalue weighted by atomic mass is 9.79. The van der Waals surface area contributed by atoms with Crippen LogP contribution < -0.4 is 16.0 Å². The molecular formula is C25H27N5O5. The van der Waals surface area contributed by atoms with E-state index in [1.54, 1.807) is 11.1 Å². The maximum Gasteiger partial charge on any atom is 0.248 e. The largest absolute Gasteiger partial charge is 0.376 e. The number of hydrogen-bond donors (Lipinski definition) is 3. The summed E-state index contributed by atoms with van der Waals surface area (Å²) in [6.45, 7) is 2.28. The molecule has 1 aliphatic carbocycles. The molecule has 2 saturated heterocycles. The molecule has 35 heavy (non-hydrogen) atoms. The molecule has 3 amide bonds. The first-order chi connectivity index (χ1) is 17.0. The van der Waals surface area contributed by atoms with Crippen LogP contribution in [0.4, 0.5) is 11.5 Å². The monoisotopic (exact) mass is 477 g/mol. The van der Waals surface area contributed by atoms with Crippen molar-refractivity contribution in [1.82, 2.24) is 15.2 Å². The maximum absolute atomic E-state index is 13.2. The molecule has 0 radical (unpaired) electrons. The zero-order valence-electron chi connectivity index (χ0n) is 19.3. The summed E-state index contributed by atoms with van der Waals surface area (Å²) in [5.41, 5.74) is 2.09. The summed E-state index contributed by atoms with van der Waals surface area (Å²) in [5.74, 6) is 0.134. The van der Waals surface area contributed by atoms with Crippen molar-refractivity contribution in [2.24, 2.45) is 0 Å². The third kappa shape index (κ3) is 3.69. The Balaban J connectivity index is 1.14. The fourth-order valence-electron chi connectivity index (χ4n) is 5.66. The Hall–Kier alpha value is -3.34. The summed E-state index contributed by atoms with van der Waals surface area (Å²) >= 11 is 0. The summed E-state index contributed by atoms with van der Waals surface area (Å²) in [6.07, 6.45) is 2.83. The zero-order chi connectivity index (χ0) is 24.0. The van der Waals surface area contributed by atoms with Gasteiger partial charge in [-0.05, 0) is 42.2 Å².